The molecule has 4 rings (SSSR count). The highest BCUT2D eigenvalue weighted by Gasteiger charge is 2.33. The van der Waals surface area contributed by atoms with Crippen LogP contribution in [0, 0.1) is 0 Å². The lowest BCUT2D eigenvalue weighted by molar-refractivity contribution is -0.117. The van der Waals surface area contributed by atoms with Gasteiger partial charge in [-0.3, -0.25) is 9.89 Å². The van der Waals surface area contributed by atoms with E-state index in [0.29, 0.717) is 11.3 Å². The van der Waals surface area contributed by atoms with Crippen LogP contribution in [0.2, 0.25) is 0 Å². The van der Waals surface area contributed by atoms with Gasteiger partial charge >= 0.3 is 0 Å². The summed E-state index contributed by atoms with van der Waals surface area (Å²) in [5.74, 6) is -0.694. The zero-order chi connectivity index (χ0) is 18.1. The highest BCUT2D eigenvalue weighted by Crippen LogP contribution is 2.34. The number of amides is 1. The van der Waals surface area contributed by atoms with E-state index in [1.165, 1.54) is 0 Å². The van der Waals surface area contributed by atoms with Crippen molar-refractivity contribution < 1.29 is 13.2 Å². The number of sulfone groups is 1. The molecule has 0 bridgehead atoms. The molecule has 0 spiro atoms. The summed E-state index contributed by atoms with van der Waals surface area (Å²) in [5.41, 5.74) is 3.10. The van der Waals surface area contributed by atoms with Crippen LogP contribution in [0.1, 0.15) is 17.9 Å². The molecule has 1 amide bonds. The summed E-state index contributed by atoms with van der Waals surface area (Å²) in [5, 5.41) is 9.61. The quantitative estimate of drug-likeness (QED) is 0.744. The Bertz CT molecular complexity index is 1060. The maximum absolute atomic E-state index is 12.8. The SMILES string of the molecule is O=C(Nc1cccc(-c2cn[nH]c2)c1)C1CCS(=O)(=O)c2ccccc21. The molecule has 132 valence electrons. The molecule has 0 saturated carbocycles. The molecule has 1 atom stereocenters. The van der Waals surface area contributed by atoms with Crippen molar-refractivity contribution in [3.63, 3.8) is 0 Å². The van der Waals surface area contributed by atoms with Gasteiger partial charge in [-0.1, -0.05) is 30.3 Å². The van der Waals surface area contributed by atoms with Gasteiger partial charge in [-0.25, -0.2) is 8.42 Å². The molecule has 0 radical (unpaired) electrons. The summed E-state index contributed by atoms with van der Waals surface area (Å²) in [7, 11) is -3.31. The van der Waals surface area contributed by atoms with Gasteiger partial charge in [-0.2, -0.15) is 5.10 Å². The van der Waals surface area contributed by atoms with E-state index in [0.717, 1.165) is 11.1 Å². The Labute approximate surface area is 151 Å². The molecule has 2 aromatic carbocycles. The molecule has 6 nitrogen and oxygen atoms in total. The number of H-pyrrole nitrogens is 1. The summed E-state index contributed by atoms with van der Waals surface area (Å²) < 4.78 is 24.5. The summed E-state index contributed by atoms with van der Waals surface area (Å²) in [6.07, 6.45) is 3.78. The van der Waals surface area contributed by atoms with E-state index in [1.807, 2.05) is 24.3 Å². The number of anilines is 1. The van der Waals surface area contributed by atoms with Crippen molar-refractivity contribution >= 4 is 21.4 Å². The first-order valence-corrected chi connectivity index (χ1v) is 9.91. The first-order valence-electron chi connectivity index (χ1n) is 8.26. The topological polar surface area (TPSA) is 91.9 Å². The van der Waals surface area contributed by atoms with Crippen LogP contribution >= 0.6 is 0 Å². The van der Waals surface area contributed by atoms with Crippen molar-refractivity contribution in [1.82, 2.24) is 10.2 Å². The average molecular weight is 367 g/mol. The number of hydrogen-bond donors (Lipinski definition) is 2. The second-order valence-electron chi connectivity index (χ2n) is 6.25. The molecule has 0 saturated heterocycles. The predicted molar refractivity (Wildman–Crippen MR) is 98.5 cm³/mol. The lowest BCUT2D eigenvalue weighted by Gasteiger charge is -2.24. The minimum atomic E-state index is -3.31. The van der Waals surface area contributed by atoms with Gasteiger partial charge in [0.05, 0.1) is 22.8 Å². The van der Waals surface area contributed by atoms with E-state index >= 15 is 0 Å². The Kier molecular flexibility index (Phi) is 4.08. The van der Waals surface area contributed by atoms with Gasteiger partial charge in [0.2, 0.25) is 5.91 Å². The fraction of sp³-hybridized carbons (Fsp3) is 0.158. The van der Waals surface area contributed by atoms with E-state index in [-0.39, 0.29) is 23.0 Å². The Morgan fingerprint density at radius 1 is 1.12 bits per heavy atom. The molecule has 1 aliphatic rings. The number of benzene rings is 2. The number of carbonyl (C=O) groups is 1. The van der Waals surface area contributed by atoms with Gasteiger partial charge in [0, 0.05) is 17.4 Å². The fourth-order valence-electron chi connectivity index (χ4n) is 3.28. The van der Waals surface area contributed by atoms with Crippen LogP contribution in [-0.2, 0) is 14.6 Å². The second kappa shape index (κ2) is 6.42. The third kappa shape index (κ3) is 3.01. The Morgan fingerprint density at radius 2 is 1.96 bits per heavy atom. The smallest absolute Gasteiger partial charge is 0.231 e. The lowest BCUT2D eigenvalue weighted by Crippen LogP contribution is -2.29. The number of aromatic amines is 1. The molecule has 26 heavy (non-hydrogen) atoms. The molecule has 1 aliphatic heterocycles. The maximum Gasteiger partial charge on any atom is 0.231 e. The zero-order valence-electron chi connectivity index (χ0n) is 13.8. The molecule has 1 aromatic heterocycles. The molecule has 2 heterocycles. The zero-order valence-corrected chi connectivity index (χ0v) is 14.7. The number of carbonyl (C=O) groups excluding carboxylic acids is 1. The van der Waals surface area contributed by atoms with Crippen molar-refractivity contribution in [3.05, 3.63) is 66.5 Å². The second-order valence-corrected chi connectivity index (χ2v) is 8.33. The number of nitrogens with one attached hydrogen (secondary N) is 2. The first-order chi connectivity index (χ1) is 12.5. The van der Waals surface area contributed by atoms with Crippen molar-refractivity contribution in [2.24, 2.45) is 0 Å². The molecule has 7 heteroatoms. The Hall–Kier alpha value is -2.93. The van der Waals surface area contributed by atoms with Crippen molar-refractivity contribution in [2.45, 2.75) is 17.2 Å². The average Bonchev–Trinajstić information content (AvgIpc) is 3.17. The molecule has 1 unspecified atom stereocenters. The maximum atomic E-state index is 12.8. The minimum Gasteiger partial charge on any atom is -0.326 e. The van der Waals surface area contributed by atoms with Gasteiger partial charge in [-0.05, 0) is 35.7 Å². The fourth-order valence-corrected chi connectivity index (χ4v) is 4.90. The minimum absolute atomic E-state index is 0.0167. The van der Waals surface area contributed by atoms with Crippen LogP contribution in [0.4, 0.5) is 5.69 Å². The van der Waals surface area contributed by atoms with Crippen LogP contribution < -0.4 is 5.32 Å². The van der Waals surface area contributed by atoms with E-state index < -0.39 is 15.8 Å². The molecule has 0 fully saturated rings. The largest absolute Gasteiger partial charge is 0.326 e. The van der Waals surface area contributed by atoms with Gasteiger partial charge < -0.3 is 5.32 Å². The molecule has 0 aliphatic carbocycles. The number of nitrogens with zero attached hydrogens (tertiary/aromatic N) is 1. The summed E-state index contributed by atoms with van der Waals surface area (Å²) in [4.78, 5) is 13.1. The van der Waals surface area contributed by atoms with E-state index in [4.69, 9.17) is 0 Å². The van der Waals surface area contributed by atoms with E-state index in [9.17, 15) is 13.2 Å². The van der Waals surface area contributed by atoms with Gasteiger partial charge in [0.1, 0.15) is 0 Å². The van der Waals surface area contributed by atoms with Crippen LogP contribution in [0.25, 0.3) is 11.1 Å². The summed E-state index contributed by atoms with van der Waals surface area (Å²) in [6, 6.07) is 14.2. The van der Waals surface area contributed by atoms with Crippen LogP contribution in [-0.4, -0.2) is 30.3 Å². The van der Waals surface area contributed by atoms with Crippen LogP contribution in [0.3, 0.4) is 0 Å². The highest BCUT2D eigenvalue weighted by atomic mass is 32.2. The number of rotatable bonds is 3. The van der Waals surface area contributed by atoms with Crippen molar-refractivity contribution in [3.8, 4) is 11.1 Å². The Morgan fingerprint density at radius 3 is 2.77 bits per heavy atom. The highest BCUT2D eigenvalue weighted by molar-refractivity contribution is 7.91. The van der Waals surface area contributed by atoms with Gasteiger partial charge in [-0.15, -0.1) is 0 Å². The van der Waals surface area contributed by atoms with E-state index in [1.54, 1.807) is 36.7 Å². The van der Waals surface area contributed by atoms with E-state index in [2.05, 4.69) is 15.5 Å². The summed E-state index contributed by atoms with van der Waals surface area (Å²) in [6.45, 7) is 0. The molecular formula is C19H17N3O3S. The number of hydrogen-bond acceptors (Lipinski definition) is 4. The first kappa shape index (κ1) is 16.5. The summed E-state index contributed by atoms with van der Waals surface area (Å²) >= 11 is 0. The predicted octanol–water partition coefficient (Wildman–Crippen LogP) is 2.98. The number of aromatic nitrogens is 2. The Balaban J connectivity index is 1.61. The third-order valence-electron chi connectivity index (χ3n) is 4.58. The van der Waals surface area contributed by atoms with Crippen molar-refractivity contribution in [2.75, 3.05) is 11.1 Å². The molecule has 3 aromatic rings. The van der Waals surface area contributed by atoms with Gasteiger partial charge in [0.15, 0.2) is 9.84 Å². The van der Waals surface area contributed by atoms with Crippen LogP contribution in [0.15, 0.2) is 65.8 Å². The normalized spacial score (nSPS) is 18.1. The molecule has 2 N–H and O–H groups in total. The lowest BCUT2D eigenvalue weighted by atomic mass is 9.94. The van der Waals surface area contributed by atoms with Crippen LogP contribution in [0.5, 0.6) is 0 Å². The monoisotopic (exact) mass is 367 g/mol. The standard InChI is InChI=1S/C19H17N3O3S/c23-19(17-8-9-26(24,25)18-7-2-1-6-16(17)18)22-15-5-3-4-13(10-15)14-11-20-21-12-14/h1-7,10-12,17H,8-9H2,(H,20,21)(H,22,23). The van der Waals surface area contributed by atoms with Crippen molar-refractivity contribution in [1.29, 1.82) is 0 Å². The van der Waals surface area contributed by atoms with Gasteiger partial charge in [0.25, 0.3) is 0 Å². The number of fused-ring (bicyclic) bond motifs is 1. The third-order valence-corrected chi connectivity index (χ3v) is 6.40. The molecular weight excluding hydrogens is 350 g/mol.